The van der Waals surface area contributed by atoms with Gasteiger partial charge < -0.3 is 15.8 Å². The molecule has 0 atom stereocenters. The van der Waals surface area contributed by atoms with Crippen molar-refractivity contribution in [1.29, 1.82) is 0 Å². The fraction of sp³-hybridized carbons (Fsp3) is 0.600. The van der Waals surface area contributed by atoms with Crippen LogP contribution in [-0.2, 0) is 4.74 Å². The molecule has 0 unspecified atom stereocenters. The van der Waals surface area contributed by atoms with Crippen molar-refractivity contribution in [2.75, 3.05) is 24.2 Å². The first kappa shape index (κ1) is 15.5. The molecule has 0 aliphatic heterocycles. The van der Waals surface area contributed by atoms with Crippen LogP contribution in [0.1, 0.15) is 30.1 Å². The van der Waals surface area contributed by atoms with Gasteiger partial charge in [0.05, 0.1) is 6.61 Å². The van der Waals surface area contributed by atoms with Crippen molar-refractivity contribution in [2.45, 2.75) is 25.9 Å². The highest BCUT2D eigenvalue weighted by Gasteiger charge is 2.26. The van der Waals surface area contributed by atoms with Crippen LogP contribution in [0.2, 0.25) is 0 Å². The maximum atomic E-state index is 12.0. The van der Waals surface area contributed by atoms with Crippen molar-refractivity contribution in [3.05, 3.63) is 5.56 Å². The summed E-state index contributed by atoms with van der Waals surface area (Å²) >= 11 is 0.920. The molecule has 3 N–H and O–H groups in total. The van der Waals surface area contributed by atoms with Gasteiger partial charge in [-0.25, -0.2) is 4.79 Å². The zero-order valence-electron chi connectivity index (χ0n) is 10.2. The summed E-state index contributed by atoms with van der Waals surface area (Å²) in [7, 11) is 0. The number of halogens is 3. The number of hydrogen-bond donors (Lipinski definition) is 2. The van der Waals surface area contributed by atoms with Crippen LogP contribution in [0.25, 0.3) is 0 Å². The summed E-state index contributed by atoms with van der Waals surface area (Å²) in [5, 5.41) is 3.05. The molecule has 0 saturated heterocycles. The zero-order chi connectivity index (χ0) is 14.5. The Morgan fingerprint density at radius 1 is 1.53 bits per heavy atom. The molecule has 0 bridgehead atoms. The van der Waals surface area contributed by atoms with Gasteiger partial charge in [0.1, 0.15) is 10.6 Å². The molecule has 0 spiro atoms. The summed E-state index contributed by atoms with van der Waals surface area (Å²) in [6, 6.07) is 0. The second-order valence-corrected chi connectivity index (χ2v) is 4.41. The van der Waals surface area contributed by atoms with E-state index in [4.69, 9.17) is 10.5 Å². The molecular weight excluding hydrogens is 283 g/mol. The summed E-state index contributed by atoms with van der Waals surface area (Å²) in [5.74, 6) is -0.617. The molecule has 0 aliphatic rings. The molecule has 9 heteroatoms. The quantitative estimate of drug-likeness (QED) is 0.623. The molecule has 0 radical (unpaired) electrons. The lowest BCUT2D eigenvalue weighted by atomic mass is 10.3. The predicted molar refractivity (Wildman–Crippen MR) is 66.3 cm³/mol. The average molecular weight is 297 g/mol. The molecule has 0 saturated carbocycles. The number of esters is 1. The molecule has 108 valence electrons. The Bertz CT molecular complexity index is 434. The highest BCUT2D eigenvalue weighted by molar-refractivity contribution is 7.11. The van der Waals surface area contributed by atoms with E-state index >= 15 is 0 Å². The third-order valence-corrected chi connectivity index (χ3v) is 2.94. The molecular formula is C10H14F3N3O2S. The highest BCUT2D eigenvalue weighted by Crippen LogP contribution is 2.28. The van der Waals surface area contributed by atoms with Crippen LogP contribution in [0, 0.1) is 0 Å². The van der Waals surface area contributed by atoms with Crippen molar-refractivity contribution in [1.82, 2.24) is 4.37 Å². The van der Waals surface area contributed by atoms with E-state index in [1.54, 1.807) is 6.92 Å². The largest absolute Gasteiger partial charge is 0.462 e. The molecule has 1 aromatic rings. The highest BCUT2D eigenvalue weighted by atomic mass is 32.1. The van der Waals surface area contributed by atoms with Crippen LogP contribution in [0.4, 0.5) is 24.0 Å². The third kappa shape index (κ3) is 4.93. The average Bonchev–Trinajstić information content (AvgIpc) is 2.65. The second-order valence-electron chi connectivity index (χ2n) is 3.64. The molecule has 0 amide bonds. The number of nitrogens with one attached hydrogen (secondary N) is 1. The van der Waals surface area contributed by atoms with Crippen LogP contribution in [-0.4, -0.2) is 29.7 Å². The summed E-state index contributed by atoms with van der Waals surface area (Å²) in [6.45, 7) is 1.90. The van der Waals surface area contributed by atoms with Crippen LogP contribution in [0.3, 0.4) is 0 Å². The van der Waals surface area contributed by atoms with Gasteiger partial charge in [-0.05, 0) is 24.9 Å². The van der Waals surface area contributed by atoms with Crippen molar-refractivity contribution < 1.29 is 22.7 Å². The van der Waals surface area contributed by atoms with Gasteiger partial charge in [-0.1, -0.05) is 0 Å². The number of nitrogens with two attached hydrogens (primary N) is 1. The van der Waals surface area contributed by atoms with E-state index < -0.39 is 18.6 Å². The standard InChI is InChI=1S/C10H14F3N3O2S/c1-2-18-9(17)6-7(14)16-19-8(6)15-5-3-4-10(11,12)13/h15H,2-5H2,1H3,(H2,14,16). The number of ether oxygens (including phenoxy) is 1. The minimum absolute atomic E-state index is 0.0155. The number of alkyl halides is 3. The van der Waals surface area contributed by atoms with Crippen LogP contribution >= 0.6 is 11.5 Å². The smallest absolute Gasteiger partial charge is 0.389 e. The summed E-state index contributed by atoms with van der Waals surface area (Å²) in [5.41, 5.74) is 5.61. The van der Waals surface area contributed by atoms with Gasteiger partial charge in [-0.2, -0.15) is 17.5 Å². The molecule has 0 fully saturated rings. The van der Waals surface area contributed by atoms with E-state index in [0.29, 0.717) is 5.00 Å². The molecule has 0 aromatic carbocycles. The minimum Gasteiger partial charge on any atom is -0.462 e. The van der Waals surface area contributed by atoms with Gasteiger partial charge in [0.15, 0.2) is 5.82 Å². The lowest BCUT2D eigenvalue weighted by Gasteiger charge is -2.08. The number of rotatable bonds is 6. The van der Waals surface area contributed by atoms with Gasteiger partial charge in [-0.15, -0.1) is 0 Å². The second kappa shape index (κ2) is 6.60. The Morgan fingerprint density at radius 2 is 2.21 bits per heavy atom. The van der Waals surface area contributed by atoms with Crippen LogP contribution in [0.15, 0.2) is 0 Å². The van der Waals surface area contributed by atoms with E-state index in [0.717, 1.165) is 11.5 Å². The monoisotopic (exact) mass is 297 g/mol. The molecule has 19 heavy (non-hydrogen) atoms. The number of hydrogen-bond acceptors (Lipinski definition) is 6. The first-order valence-corrected chi connectivity index (χ1v) is 6.35. The number of carbonyl (C=O) groups is 1. The van der Waals surface area contributed by atoms with Crippen molar-refractivity contribution in [3.8, 4) is 0 Å². The number of nitrogen functional groups attached to an aromatic ring is 1. The van der Waals surface area contributed by atoms with Crippen LogP contribution in [0.5, 0.6) is 0 Å². The SMILES string of the molecule is CCOC(=O)c1c(N)nsc1NCCCC(F)(F)F. The minimum atomic E-state index is -4.18. The number of anilines is 2. The van der Waals surface area contributed by atoms with Crippen molar-refractivity contribution in [3.63, 3.8) is 0 Å². The normalized spacial score (nSPS) is 11.4. The fourth-order valence-corrected chi connectivity index (χ4v) is 2.04. The predicted octanol–water partition coefficient (Wildman–Crippen LogP) is 2.66. The summed E-state index contributed by atoms with van der Waals surface area (Å²) in [6.07, 6.45) is -5.16. The zero-order valence-corrected chi connectivity index (χ0v) is 11.0. The summed E-state index contributed by atoms with van der Waals surface area (Å²) in [4.78, 5) is 11.6. The lowest BCUT2D eigenvalue weighted by Crippen LogP contribution is -2.13. The van der Waals surface area contributed by atoms with E-state index in [-0.39, 0.29) is 31.0 Å². The lowest BCUT2D eigenvalue weighted by molar-refractivity contribution is -0.134. The topological polar surface area (TPSA) is 77.2 Å². The van der Waals surface area contributed by atoms with E-state index in [1.807, 2.05) is 0 Å². The molecule has 5 nitrogen and oxygen atoms in total. The Morgan fingerprint density at radius 3 is 2.79 bits per heavy atom. The molecule has 1 heterocycles. The summed E-state index contributed by atoms with van der Waals surface area (Å²) < 4.78 is 44.5. The van der Waals surface area contributed by atoms with Crippen molar-refractivity contribution >= 4 is 28.3 Å². The maximum absolute atomic E-state index is 12.0. The molecule has 0 aliphatic carbocycles. The van der Waals surface area contributed by atoms with Gasteiger partial charge in [-0.3, -0.25) is 0 Å². The van der Waals surface area contributed by atoms with Gasteiger partial charge in [0.2, 0.25) is 0 Å². The number of carbonyl (C=O) groups excluding carboxylic acids is 1. The third-order valence-electron chi connectivity index (χ3n) is 2.12. The van der Waals surface area contributed by atoms with Crippen LogP contribution < -0.4 is 11.1 Å². The Kier molecular flexibility index (Phi) is 5.40. The molecule has 1 aromatic heterocycles. The van der Waals surface area contributed by atoms with E-state index in [9.17, 15) is 18.0 Å². The van der Waals surface area contributed by atoms with Crippen molar-refractivity contribution in [2.24, 2.45) is 0 Å². The Labute approximate surface area is 112 Å². The Hall–Kier alpha value is -1.51. The first-order valence-electron chi connectivity index (χ1n) is 5.58. The first-order chi connectivity index (χ1) is 8.85. The fourth-order valence-electron chi connectivity index (χ4n) is 1.31. The number of nitrogens with zero attached hydrogens (tertiary/aromatic N) is 1. The number of aromatic nitrogens is 1. The van der Waals surface area contributed by atoms with E-state index in [2.05, 4.69) is 9.69 Å². The molecule has 1 rings (SSSR count). The van der Waals surface area contributed by atoms with Gasteiger partial charge in [0, 0.05) is 13.0 Å². The maximum Gasteiger partial charge on any atom is 0.389 e. The van der Waals surface area contributed by atoms with Gasteiger partial charge in [0.25, 0.3) is 0 Å². The van der Waals surface area contributed by atoms with Gasteiger partial charge >= 0.3 is 12.1 Å². The van der Waals surface area contributed by atoms with E-state index in [1.165, 1.54) is 0 Å². The Balaban J connectivity index is 2.57.